The first-order chi connectivity index (χ1) is 12.5. The minimum absolute atomic E-state index is 0.105. The van der Waals surface area contributed by atoms with Crippen molar-refractivity contribution >= 4 is 17.6 Å². The van der Waals surface area contributed by atoms with Crippen LogP contribution in [0.2, 0.25) is 0 Å². The lowest BCUT2D eigenvalue weighted by Crippen LogP contribution is -2.25. The van der Waals surface area contributed by atoms with E-state index in [0.29, 0.717) is 11.3 Å². The molecule has 1 aromatic carbocycles. The van der Waals surface area contributed by atoms with Crippen molar-refractivity contribution in [3.05, 3.63) is 63.1 Å². The molecule has 0 saturated carbocycles. The molecule has 0 fully saturated rings. The van der Waals surface area contributed by atoms with E-state index in [4.69, 9.17) is 5.11 Å². The van der Waals surface area contributed by atoms with Gasteiger partial charge < -0.3 is 15.4 Å². The van der Waals surface area contributed by atoms with E-state index in [1.165, 1.54) is 0 Å². The maximum atomic E-state index is 12.5. The molecule has 2 aromatic rings. The summed E-state index contributed by atoms with van der Waals surface area (Å²) in [6, 6.07) is 8.32. The van der Waals surface area contributed by atoms with E-state index in [9.17, 15) is 14.4 Å². The highest BCUT2D eigenvalue weighted by molar-refractivity contribution is 6.04. The zero-order chi connectivity index (χ0) is 18.7. The molecule has 6 heteroatoms. The van der Waals surface area contributed by atoms with E-state index >= 15 is 0 Å². The van der Waals surface area contributed by atoms with E-state index in [1.54, 1.807) is 37.3 Å². The standard InChI is InChI=1S/C20H22N2O4/c1-12(20(25)26)13-7-9-15(10-8-13)21-18(23)16-11-14-5-3-2-4-6-17(14)22-19(16)24/h7-12H,2-6H2,1H3,(H,21,23)(H,22,24)(H,25,26). The second kappa shape index (κ2) is 7.56. The molecule has 1 amide bonds. The van der Waals surface area contributed by atoms with Gasteiger partial charge in [0, 0.05) is 11.4 Å². The van der Waals surface area contributed by atoms with Gasteiger partial charge in [-0.1, -0.05) is 18.6 Å². The number of H-pyrrole nitrogens is 1. The lowest BCUT2D eigenvalue weighted by molar-refractivity contribution is -0.138. The molecule has 1 heterocycles. The molecule has 1 unspecified atom stereocenters. The highest BCUT2D eigenvalue weighted by Gasteiger charge is 2.17. The molecule has 3 N–H and O–H groups in total. The number of carbonyl (C=O) groups excluding carboxylic acids is 1. The summed E-state index contributed by atoms with van der Waals surface area (Å²) in [4.78, 5) is 38.7. The number of amides is 1. The Morgan fingerprint density at radius 2 is 1.81 bits per heavy atom. The number of aliphatic carboxylic acids is 1. The van der Waals surface area contributed by atoms with Gasteiger partial charge in [-0.25, -0.2) is 0 Å². The molecular weight excluding hydrogens is 332 g/mol. The van der Waals surface area contributed by atoms with Crippen molar-refractivity contribution < 1.29 is 14.7 Å². The molecule has 0 bridgehead atoms. The first-order valence-electron chi connectivity index (χ1n) is 8.85. The number of hydrogen-bond acceptors (Lipinski definition) is 3. The summed E-state index contributed by atoms with van der Waals surface area (Å²) in [6.45, 7) is 1.60. The summed E-state index contributed by atoms with van der Waals surface area (Å²) >= 11 is 0. The molecule has 0 aliphatic heterocycles. The van der Waals surface area contributed by atoms with Gasteiger partial charge in [-0.3, -0.25) is 14.4 Å². The molecular formula is C20H22N2O4. The minimum atomic E-state index is -0.904. The molecule has 0 spiro atoms. The molecule has 1 atom stereocenters. The third-order valence-electron chi connectivity index (χ3n) is 4.87. The van der Waals surface area contributed by atoms with Gasteiger partial charge in [-0.05, 0) is 61.9 Å². The quantitative estimate of drug-likeness (QED) is 0.735. The second-order valence-corrected chi connectivity index (χ2v) is 6.71. The summed E-state index contributed by atoms with van der Waals surface area (Å²) in [5.41, 5.74) is 2.88. The molecule has 6 nitrogen and oxygen atoms in total. The Hall–Kier alpha value is -2.89. The van der Waals surface area contributed by atoms with Crippen LogP contribution in [0, 0.1) is 0 Å². The monoisotopic (exact) mass is 354 g/mol. The summed E-state index contributed by atoms with van der Waals surface area (Å²) in [5, 5.41) is 11.7. The maximum Gasteiger partial charge on any atom is 0.310 e. The summed E-state index contributed by atoms with van der Waals surface area (Å²) in [6.07, 6.45) is 4.95. The van der Waals surface area contributed by atoms with E-state index in [1.807, 2.05) is 0 Å². The number of anilines is 1. The maximum absolute atomic E-state index is 12.5. The number of rotatable bonds is 4. The molecule has 1 aliphatic carbocycles. The van der Waals surface area contributed by atoms with Gasteiger partial charge in [0.15, 0.2) is 0 Å². The van der Waals surface area contributed by atoms with Crippen LogP contribution in [0.1, 0.15) is 59.3 Å². The Labute approximate surface area is 151 Å². The van der Waals surface area contributed by atoms with Crippen molar-refractivity contribution in [1.29, 1.82) is 0 Å². The fraction of sp³-hybridized carbons (Fsp3) is 0.350. The zero-order valence-electron chi connectivity index (χ0n) is 14.7. The Balaban J connectivity index is 1.79. The van der Waals surface area contributed by atoms with Crippen molar-refractivity contribution in [1.82, 2.24) is 4.98 Å². The van der Waals surface area contributed by atoms with Crippen LogP contribution in [0.5, 0.6) is 0 Å². The van der Waals surface area contributed by atoms with Gasteiger partial charge >= 0.3 is 5.97 Å². The average Bonchev–Trinajstić information content (AvgIpc) is 2.85. The first kappa shape index (κ1) is 17.9. The third-order valence-corrected chi connectivity index (χ3v) is 4.87. The van der Waals surface area contributed by atoms with E-state index in [-0.39, 0.29) is 11.1 Å². The highest BCUT2D eigenvalue weighted by atomic mass is 16.4. The number of aromatic amines is 1. The lowest BCUT2D eigenvalue weighted by Gasteiger charge is -2.10. The third kappa shape index (κ3) is 3.85. The van der Waals surface area contributed by atoms with Crippen molar-refractivity contribution in [3.63, 3.8) is 0 Å². The van der Waals surface area contributed by atoms with E-state index in [0.717, 1.165) is 43.4 Å². The van der Waals surface area contributed by atoms with Gasteiger partial charge in [0.1, 0.15) is 5.56 Å². The normalized spacial score (nSPS) is 14.8. The van der Waals surface area contributed by atoms with Crippen LogP contribution < -0.4 is 10.9 Å². The topological polar surface area (TPSA) is 99.3 Å². The summed E-state index contributed by atoms with van der Waals surface area (Å²) in [7, 11) is 0. The fourth-order valence-electron chi connectivity index (χ4n) is 3.22. The van der Waals surface area contributed by atoms with Gasteiger partial charge in [0.25, 0.3) is 11.5 Å². The number of aromatic nitrogens is 1. The van der Waals surface area contributed by atoms with Gasteiger partial charge in [0.2, 0.25) is 0 Å². The molecule has 0 radical (unpaired) electrons. The van der Waals surface area contributed by atoms with Crippen molar-refractivity contribution in [2.75, 3.05) is 5.32 Å². The summed E-state index contributed by atoms with van der Waals surface area (Å²) in [5.74, 6) is -1.98. The molecule has 26 heavy (non-hydrogen) atoms. The molecule has 136 valence electrons. The fourth-order valence-corrected chi connectivity index (χ4v) is 3.22. The van der Waals surface area contributed by atoms with E-state index < -0.39 is 17.8 Å². The van der Waals surface area contributed by atoms with E-state index in [2.05, 4.69) is 10.3 Å². The van der Waals surface area contributed by atoms with Gasteiger partial charge in [-0.15, -0.1) is 0 Å². The molecule has 1 aromatic heterocycles. The number of carboxylic acid groups (broad SMARTS) is 1. The predicted octanol–water partition coefficient (Wildman–Crippen LogP) is 3.08. The molecule has 3 rings (SSSR count). The molecule has 1 aliphatic rings. The van der Waals surface area contributed by atoms with Crippen LogP contribution in [0.15, 0.2) is 35.1 Å². The number of carbonyl (C=O) groups is 2. The van der Waals surface area contributed by atoms with Crippen molar-refractivity contribution in [3.8, 4) is 0 Å². The summed E-state index contributed by atoms with van der Waals surface area (Å²) < 4.78 is 0. The number of nitrogens with one attached hydrogen (secondary N) is 2. The predicted molar refractivity (Wildman–Crippen MR) is 98.8 cm³/mol. The van der Waals surface area contributed by atoms with Crippen LogP contribution in [0.4, 0.5) is 5.69 Å². The van der Waals surface area contributed by atoms with Crippen molar-refractivity contribution in [2.24, 2.45) is 0 Å². The van der Waals surface area contributed by atoms with Gasteiger partial charge in [-0.2, -0.15) is 0 Å². The van der Waals surface area contributed by atoms with Crippen LogP contribution in [-0.4, -0.2) is 22.0 Å². The Morgan fingerprint density at radius 1 is 1.12 bits per heavy atom. The van der Waals surface area contributed by atoms with Crippen LogP contribution in [0.25, 0.3) is 0 Å². The highest BCUT2D eigenvalue weighted by Crippen LogP contribution is 2.20. The van der Waals surface area contributed by atoms with Gasteiger partial charge in [0.05, 0.1) is 5.92 Å². The largest absolute Gasteiger partial charge is 0.481 e. The first-order valence-corrected chi connectivity index (χ1v) is 8.85. The zero-order valence-corrected chi connectivity index (χ0v) is 14.7. The van der Waals surface area contributed by atoms with Crippen LogP contribution in [-0.2, 0) is 17.6 Å². The van der Waals surface area contributed by atoms with Crippen molar-refractivity contribution in [2.45, 2.75) is 44.9 Å². The van der Waals surface area contributed by atoms with Crippen LogP contribution >= 0.6 is 0 Å². The Bertz CT molecular complexity index is 884. The Kier molecular flexibility index (Phi) is 5.21. The number of pyridine rings is 1. The number of hydrogen-bond donors (Lipinski definition) is 3. The van der Waals surface area contributed by atoms with Crippen LogP contribution in [0.3, 0.4) is 0 Å². The SMILES string of the molecule is CC(C(=O)O)c1ccc(NC(=O)c2cc3c([nH]c2=O)CCCCC3)cc1. The minimum Gasteiger partial charge on any atom is -0.481 e. The molecule has 0 saturated heterocycles. The number of benzene rings is 1. The number of aryl methyl sites for hydroxylation is 2. The average molecular weight is 354 g/mol. The smallest absolute Gasteiger partial charge is 0.310 e. The second-order valence-electron chi connectivity index (χ2n) is 6.71. The number of fused-ring (bicyclic) bond motifs is 1. The Morgan fingerprint density at radius 3 is 2.50 bits per heavy atom. The lowest BCUT2D eigenvalue weighted by atomic mass is 10.0. The number of carboxylic acids is 1.